The molecule has 3 aromatic heterocycles. The molecule has 1 N–H and O–H groups in total. The highest BCUT2D eigenvalue weighted by atomic mass is 16.5. The van der Waals surface area contributed by atoms with E-state index >= 15 is 0 Å². The Morgan fingerprint density at radius 2 is 1.79 bits per heavy atom. The summed E-state index contributed by atoms with van der Waals surface area (Å²) in [5.41, 5.74) is 4.05. The van der Waals surface area contributed by atoms with Crippen molar-refractivity contribution in [2.24, 2.45) is 0 Å². The molecule has 0 bridgehead atoms. The zero-order valence-corrected chi connectivity index (χ0v) is 16.7. The van der Waals surface area contributed by atoms with Crippen molar-refractivity contribution >= 4 is 17.0 Å². The first kappa shape index (κ1) is 17.6. The summed E-state index contributed by atoms with van der Waals surface area (Å²) in [6, 6.07) is 0. The summed E-state index contributed by atoms with van der Waals surface area (Å²) in [6.07, 6.45) is 0. The number of aromatic amines is 1. The van der Waals surface area contributed by atoms with E-state index in [0.717, 1.165) is 59.4 Å². The molecule has 9 heteroatoms. The fourth-order valence-corrected chi connectivity index (χ4v) is 4.10. The molecular formula is C19H25N7O2. The Bertz CT molecular complexity index is 1030. The minimum atomic E-state index is -0.455. The zero-order chi connectivity index (χ0) is 19.5. The molecule has 5 heterocycles. The van der Waals surface area contributed by atoms with Crippen LogP contribution in [0.25, 0.3) is 22.6 Å². The highest BCUT2D eigenvalue weighted by molar-refractivity contribution is 5.87. The van der Waals surface area contributed by atoms with Gasteiger partial charge in [0.25, 0.3) is 0 Å². The monoisotopic (exact) mass is 383 g/mol. The highest BCUT2D eigenvalue weighted by Crippen LogP contribution is 2.35. The van der Waals surface area contributed by atoms with Crippen LogP contribution in [0.15, 0.2) is 0 Å². The average Bonchev–Trinajstić information content (AvgIpc) is 3.22. The number of nitrogens with zero attached hydrogens (tertiary/aromatic N) is 6. The third kappa shape index (κ3) is 2.61. The molecule has 1 fully saturated rings. The van der Waals surface area contributed by atoms with Crippen molar-refractivity contribution in [2.45, 2.75) is 39.8 Å². The molecule has 2 aliphatic heterocycles. The number of hydrogen-bond acceptors (Lipinski definition) is 7. The van der Waals surface area contributed by atoms with Gasteiger partial charge in [0.05, 0.1) is 31.1 Å². The van der Waals surface area contributed by atoms with Crippen LogP contribution < -0.4 is 4.90 Å². The number of hydrogen-bond donors (Lipinski definition) is 1. The van der Waals surface area contributed by atoms with Crippen molar-refractivity contribution in [3.63, 3.8) is 0 Å². The molecule has 5 rings (SSSR count). The molecule has 0 unspecified atom stereocenters. The van der Waals surface area contributed by atoms with Gasteiger partial charge < -0.3 is 18.9 Å². The van der Waals surface area contributed by atoms with Crippen LogP contribution in [0.2, 0.25) is 0 Å². The van der Waals surface area contributed by atoms with Crippen molar-refractivity contribution in [1.82, 2.24) is 29.7 Å². The Hall–Kier alpha value is -2.52. The topological polar surface area (TPSA) is 94.0 Å². The molecule has 0 saturated carbocycles. The summed E-state index contributed by atoms with van der Waals surface area (Å²) in [5.74, 6) is 2.45. The van der Waals surface area contributed by atoms with E-state index in [2.05, 4.69) is 33.5 Å². The fraction of sp³-hybridized carbons (Fsp3) is 0.579. The molecule has 1 saturated heterocycles. The predicted molar refractivity (Wildman–Crippen MR) is 104 cm³/mol. The lowest BCUT2D eigenvalue weighted by Crippen LogP contribution is -2.37. The molecule has 148 valence electrons. The average molecular weight is 383 g/mol. The van der Waals surface area contributed by atoms with Gasteiger partial charge in [0.1, 0.15) is 11.4 Å². The number of anilines is 1. The van der Waals surface area contributed by atoms with Gasteiger partial charge in [0.15, 0.2) is 22.8 Å². The van der Waals surface area contributed by atoms with Gasteiger partial charge in [-0.25, -0.2) is 15.0 Å². The summed E-state index contributed by atoms with van der Waals surface area (Å²) in [4.78, 5) is 17.1. The SMILES string of the molecule is Cc1n[nH]c(C)c1-c1nc(N2CCOCC2)c2nc3n(c2n1)CCOC3(C)C. The molecule has 28 heavy (non-hydrogen) atoms. The van der Waals surface area contributed by atoms with Crippen molar-refractivity contribution in [2.75, 3.05) is 37.8 Å². The summed E-state index contributed by atoms with van der Waals surface area (Å²) in [6.45, 7) is 12.4. The van der Waals surface area contributed by atoms with Crippen LogP contribution in [0, 0.1) is 13.8 Å². The standard InChI is InChI=1S/C19H25N7O2/c1-11-13(12(2)24-23-11)15-21-16(25-5-8-27-9-6-25)14-17(22-15)26-7-10-28-19(3,4)18(26)20-14/h5-10H2,1-4H3,(H,23,24). The van der Waals surface area contributed by atoms with Crippen molar-refractivity contribution in [3.8, 4) is 11.4 Å². The van der Waals surface area contributed by atoms with Crippen LogP contribution >= 0.6 is 0 Å². The highest BCUT2D eigenvalue weighted by Gasteiger charge is 2.34. The summed E-state index contributed by atoms with van der Waals surface area (Å²) < 4.78 is 13.7. The lowest BCUT2D eigenvalue weighted by Gasteiger charge is -2.30. The first-order valence-corrected chi connectivity index (χ1v) is 9.73. The maximum absolute atomic E-state index is 5.97. The molecule has 0 atom stereocenters. The second-order valence-corrected chi connectivity index (χ2v) is 7.90. The van der Waals surface area contributed by atoms with Crippen molar-refractivity contribution < 1.29 is 9.47 Å². The van der Waals surface area contributed by atoms with Crippen molar-refractivity contribution in [3.05, 3.63) is 17.2 Å². The van der Waals surface area contributed by atoms with Crippen molar-refractivity contribution in [1.29, 1.82) is 0 Å². The number of rotatable bonds is 2. The van der Waals surface area contributed by atoms with E-state index < -0.39 is 5.60 Å². The molecule has 0 aromatic carbocycles. The minimum absolute atomic E-state index is 0.455. The normalized spacial score (nSPS) is 19.2. The Kier molecular flexibility index (Phi) is 3.92. The maximum atomic E-state index is 5.97. The maximum Gasteiger partial charge on any atom is 0.167 e. The van der Waals surface area contributed by atoms with E-state index in [9.17, 15) is 0 Å². The first-order chi connectivity index (χ1) is 13.5. The number of aromatic nitrogens is 6. The molecule has 0 aliphatic carbocycles. The number of aryl methyl sites for hydroxylation is 2. The first-order valence-electron chi connectivity index (χ1n) is 9.73. The van der Waals surface area contributed by atoms with E-state index in [1.807, 2.05) is 13.8 Å². The van der Waals surface area contributed by atoms with Gasteiger partial charge in [0, 0.05) is 25.3 Å². The molecule has 0 amide bonds. The Labute approximate surface area is 163 Å². The lowest BCUT2D eigenvalue weighted by atomic mass is 10.1. The minimum Gasteiger partial charge on any atom is -0.378 e. The van der Waals surface area contributed by atoms with E-state index in [-0.39, 0.29) is 0 Å². The Morgan fingerprint density at radius 1 is 1.00 bits per heavy atom. The van der Waals surface area contributed by atoms with Gasteiger partial charge in [-0.2, -0.15) is 5.10 Å². The van der Waals surface area contributed by atoms with Gasteiger partial charge >= 0.3 is 0 Å². The molecule has 0 radical (unpaired) electrons. The second-order valence-electron chi connectivity index (χ2n) is 7.90. The smallest absolute Gasteiger partial charge is 0.167 e. The quantitative estimate of drug-likeness (QED) is 0.723. The summed E-state index contributed by atoms with van der Waals surface area (Å²) in [5, 5.41) is 7.38. The van der Waals surface area contributed by atoms with Gasteiger partial charge in [0.2, 0.25) is 0 Å². The Morgan fingerprint density at radius 3 is 2.50 bits per heavy atom. The number of ether oxygens (including phenoxy) is 2. The van der Waals surface area contributed by atoms with Gasteiger partial charge in [-0.1, -0.05) is 0 Å². The molecular weight excluding hydrogens is 358 g/mol. The van der Waals surface area contributed by atoms with Gasteiger partial charge in [-0.15, -0.1) is 0 Å². The third-order valence-electron chi connectivity index (χ3n) is 5.55. The van der Waals surface area contributed by atoms with Crippen LogP contribution in [0.4, 0.5) is 5.82 Å². The molecule has 9 nitrogen and oxygen atoms in total. The van der Waals surface area contributed by atoms with Gasteiger partial charge in [-0.05, 0) is 27.7 Å². The van der Waals surface area contributed by atoms with E-state index in [1.165, 1.54) is 0 Å². The predicted octanol–water partition coefficient (Wildman–Crippen LogP) is 1.94. The van der Waals surface area contributed by atoms with E-state index in [0.29, 0.717) is 25.6 Å². The van der Waals surface area contributed by atoms with Crippen LogP contribution in [0.5, 0.6) is 0 Å². The molecule has 0 spiro atoms. The lowest BCUT2D eigenvalue weighted by molar-refractivity contribution is -0.0530. The van der Waals surface area contributed by atoms with Crippen LogP contribution in [-0.4, -0.2) is 62.6 Å². The molecule has 3 aromatic rings. The second kappa shape index (κ2) is 6.25. The largest absolute Gasteiger partial charge is 0.378 e. The van der Waals surface area contributed by atoms with E-state index in [4.69, 9.17) is 24.4 Å². The third-order valence-corrected chi connectivity index (χ3v) is 5.55. The summed E-state index contributed by atoms with van der Waals surface area (Å²) in [7, 11) is 0. The zero-order valence-electron chi connectivity index (χ0n) is 16.7. The number of morpholine rings is 1. The number of nitrogens with one attached hydrogen (secondary N) is 1. The fourth-order valence-electron chi connectivity index (χ4n) is 4.10. The molecule has 2 aliphatic rings. The van der Waals surface area contributed by atoms with E-state index in [1.54, 1.807) is 0 Å². The number of H-pyrrole nitrogens is 1. The van der Waals surface area contributed by atoms with Gasteiger partial charge in [-0.3, -0.25) is 5.10 Å². The summed E-state index contributed by atoms with van der Waals surface area (Å²) >= 11 is 0. The Balaban J connectivity index is 1.79. The number of imidazole rings is 1. The van der Waals surface area contributed by atoms with Crippen LogP contribution in [0.3, 0.4) is 0 Å². The van der Waals surface area contributed by atoms with Crippen LogP contribution in [0.1, 0.15) is 31.1 Å². The van der Waals surface area contributed by atoms with Crippen LogP contribution in [-0.2, 0) is 21.6 Å². The number of fused-ring (bicyclic) bond motifs is 3.